The summed E-state index contributed by atoms with van der Waals surface area (Å²) < 4.78 is 48.9. The van der Waals surface area contributed by atoms with E-state index >= 15 is 0 Å². The van der Waals surface area contributed by atoms with E-state index in [1.807, 2.05) is 48.5 Å². The van der Waals surface area contributed by atoms with Crippen LogP contribution in [0.4, 0.5) is 0 Å². The van der Waals surface area contributed by atoms with Gasteiger partial charge in [-0.1, -0.05) is 140 Å². The summed E-state index contributed by atoms with van der Waals surface area (Å²) in [6.07, 6.45) is -3.15. The van der Waals surface area contributed by atoms with Gasteiger partial charge in [0.25, 0.3) is 0 Å². The molecule has 75 heavy (non-hydrogen) atoms. The van der Waals surface area contributed by atoms with E-state index in [2.05, 4.69) is 4.74 Å². The van der Waals surface area contributed by atoms with Crippen molar-refractivity contribution in [2.75, 3.05) is 74.7 Å². The van der Waals surface area contributed by atoms with E-state index in [0.717, 1.165) is 0 Å². The quantitative estimate of drug-likeness (QED) is 0.0525. The molecule has 0 radical (unpaired) electrons. The predicted octanol–water partition coefficient (Wildman–Crippen LogP) is 9.31. The maximum absolute atomic E-state index is 11.9. The van der Waals surface area contributed by atoms with Crippen molar-refractivity contribution in [3.63, 3.8) is 0 Å². The SMILES string of the molecule is C.C.C.CC(C)C(=O)OC(C)C(=O)OC(C)C(=O)C(C)(C)C.COC(C)C(=O)OCC(=O)C(C)(C)C.COC(C)COCC(=O)C(C)(C)C.COCC(=O)OC(C)C(=O)C(C)(C)C.COCCOCC(=O)C(C)(C)C. The lowest BCUT2D eigenvalue weighted by Crippen LogP contribution is -2.37. The van der Waals surface area contributed by atoms with Gasteiger partial charge in [0.2, 0.25) is 0 Å². The number of hydrogen-bond acceptors (Lipinski definition) is 19. The van der Waals surface area contributed by atoms with Crippen molar-refractivity contribution in [1.29, 1.82) is 0 Å². The lowest BCUT2D eigenvalue weighted by Gasteiger charge is -2.23. The molecule has 0 N–H and O–H groups in total. The fraction of sp³-hybridized carbons (Fsp3) is 0.839. The summed E-state index contributed by atoms with van der Waals surface area (Å²) in [4.78, 5) is 103. The Morgan fingerprint density at radius 3 is 1.08 bits per heavy atom. The van der Waals surface area contributed by atoms with Crippen LogP contribution < -0.4 is 0 Å². The summed E-state index contributed by atoms with van der Waals surface area (Å²) in [6, 6.07) is 0. The first-order chi connectivity index (χ1) is 32.4. The van der Waals surface area contributed by atoms with Gasteiger partial charge in [-0.3, -0.25) is 28.8 Å². The van der Waals surface area contributed by atoms with Gasteiger partial charge in [0.15, 0.2) is 59.9 Å². The highest BCUT2D eigenvalue weighted by Gasteiger charge is 2.32. The van der Waals surface area contributed by atoms with E-state index < -0.39 is 64.5 Å². The van der Waals surface area contributed by atoms with Gasteiger partial charge in [0.05, 0.1) is 31.8 Å². The van der Waals surface area contributed by atoms with E-state index in [0.29, 0.717) is 19.8 Å². The Bertz CT molecular complexity index is 1620. The molecule has 0 spiro atoms. The third-order valence-corrected chi connectivity index (χ3v) is 9.37. The first-order valence-corrected chi connectivity index (χ1v) is 24.0. The molecule has 19 nitrogen and oxygen atoms in total. The van der Waals surface area contributed by atoms with Crippen LogP contribution in [0, 0.1) is 33.0 Å². The summed E-state index contributed by atoms with van der Waals surface area (Å²) in [5, 5.41) is 0. The Labute approximate surface area is 454 Å². The maximum atomic E-state index is 11.9. The molecule has 0 bridgehead atoms. The zero-order valence-electron chi connectivity index (χ0n) is 49.2. The molecule has 0 aliphatic heterocycles. The number of ether oxygens (including phenoxy) is 10. The van der Waals surface area contributed by atoms with Gasteiger partial charge in [0.1, 0.15) is 19.8 Å². The first kappa shape index (κ1) is 87.6. The van der Waals surface area contributed by atoms with Crippen LogP contribution in [0.3, 0.4) is 0 Å². The molecule has 0 aliphatic rings. The standard InChI is InChI=1S/C14H24O5.2C10H18O4.C10H20O3.C9H18O3.3CH4/c1-8(2)12(16)19-10(4)13(17)18-9(3)11(15)14(5,6)7;1-7(9(12)10(2,3)4)14-8(11)6-13-5;1-7(13-5)9(12)14-6-8(11)10(2,3)4;1-8(12-5)6-13-7-9(11)10(2,3)4;1-9(2,3)8(10)7-12-6-5-11-4;;;/h8-10H,1-7H3;2*7H,6H2,1-5H3;8H,6-7H2,1-5H3;5-7H2,1-4H3;3*1H4. The fourth-order valence-electron chi connectivity index (χ4n) is 4.00. The Morgan fingerprint density at radius 2 is 0.747 bits per heavy atom. The van der Waals surface area contributed by atoms with E-state index in [4.69, 9.17) is 42.6 Å². The minimum atomic E-state index is -1.01. The minimum absolute atomic E-state index is 0. The molecule has 0 saturated heterocycles. The zero-order valence-corrected chi connectivity index (χ0v) is 49.2. The Hall–Kier alpha value is -4.01. The number of hydrogen-bond donors (Lipinski definition) is 0. The molecule has 0 amide bonds. The van der Waals surface area contributed by atoms with Crippen molar-refractivity contribution in [2.45, 2.75) is 205 Å². The number of methoxy groups -OCH3 is 4. The molecule has 5 unspecified atom stereocenters. The summed E-state index contributed by atoms with van der Waals surface area (Å²) in [6.45, 7) is 40.2. The van der Waals surface area contributed by atoms with Crippen LogP contribution in [0.5, 0.6) is 0 Å². The van der Waals surface area contributed by atoms with Crippen molar-refractivity contribution >= 4 is 52.8 Å². The zero-order chi connectivity index (χ0) is 58.2. The van der Waals surface area contributed by atoms with E-state index in [-0.39, 0.29) is 100 Å². The van der Waals surface area contributed by atoms with Crippen LogP contribution in [0.2, 0.25) is 0 Å². The molecule has 448 valence electrons. The number of carbonyl (C=O) groups is 9. The molecule has 0 aromatic heterocycles. The summed E-state index contributed by atoms with van der Waals surface area (Å²) in [5.41, 5.74) is -2.16. The number of esters is 4. The second-order valence-electron chi connectivity index (χ2n) is 22.2. The Morgan fingerprint density at radius 1 is 0.373 bits per heavy atom. The second kappa shape index (κ2) is 43.0. The molecule has 0 aromatic rings. The third kappa shape index (κ3) is 48.1. The summed E-state index contributed by atoms with van der Waals surface area (Å²) in [7, 11) is 6.05. The first-order valence-electron chi connectivity index (χ1n) is 24.0. The molecule has 0 rings (SSSR count). The van der Waals surface area contributed by atoms with Crippen molar-refractivity contribution in [3.05, 3.63) is 0 Å². The smallest absolute Gasteiger partial charge is 0.347 e. The monoisotopic (exact) mass is 1090 g/mol. The van der Waals surface area contributed by atoms with Crippen molar-refractivity contribution in [2.24, 2.45) is 33.0 Å². The highest BCUT2D eigenvalue weighted by atomic mass is 16.6. The molecular formula is C56H110O19. The molecule has 0 aliphatic carbocycles. The van der Waals surface area contributed by atoms with Gasteiger partial charge >= 0.3 is 23.9 Å². The third-order valence-electron chi connectivity index (χ3n) is 9.37. The molecule has 0 fully saturated rings. The second-order valence-corrected chi connectivity index (χ2v) is 22.2. The van der Waals surface area contributed by atoms with Gasteiger partial charge in [-0.2, -0.15) is 0 Å². The van der Waals surface area contributed by atoms with Gasteiger partial charge in [-0.05, 0) is 34.6 Å². The van der Waals surface area contributed by atoms with Crippen LogP contribution in [0.1, 0.15) is 175 Å². The maximum Gasteiger partial charge on any atom is 0.347 e. The lowest BCUT2D eigenvalue weighted by molar-refractivity contribution is -0.173. The summed E-state index contributed by atoms with van der Waals surface area (Å²) in [5.74, 6) is -2.65. The average Bonchev–Trinajstić information content (AvgIpc) is 3.24. The Kier molecular flexibility index (Phi) is 50.3. The normalized spacial score (nSPS) is 13.1. The van der Waals surface area contributed by atoms with Crippen LogP contribution >= 0.6 is 0 Å². The molecule has 5 atom stereocenters. The lowest BCUT2D eigenvalue weighted by atomic mass is 9.88. The highest BCUT2D eigenvalue weighted by molar-refractivity contribution is 5.91. The minimum Gasteiger partial charge on any atom is -0.456 e. The molecule has 0 heterocycles. The average molecular weight is 1090 g/mol. The van der Waals surface area contributed by atoms with Crippen LogP contribution in [0.15, 0.2) is 0 Å². The van der Waals surface area contributed by atoms with Crippen molar-refractivity contribution in [3.8, 4) is 0 Å². The van der Waals surface area contributed by atoms with E-state index in [1.54, 1.807) is 104 Å². The predicted molar refractivity (Wildman–Crippen MR) is 293 cm³/mol. The largest absolute Gasteiger partial charge is 0.456 e. The van der Waals surface area contributed by atoms with E-state index in [1.165, 1.54) is 28.1 Å². The fourth-order valence-corrected chi connectivity index (χ4v) is 4.00. The number of carbonyl (C=O) groups excluding carboxylic acids is 9. The number of Topliss-reactive ketones (excluding diaryl/α,β-unsaturated/α-hetero) is 5. The van der Waals surface area contributed by atoms with Gasteiger partial charge < -0.3 is 47.4 Å². The van der Waals surface area contributed by atoms with Crippen molar-refractivity contribution < 1.29 is 90.5 Å². The van der Waals surface area contributed by atoms with Gasteiger partial charge in [0, 0.05) is 55.5 Å². The molecular weight excluding hydrogens is 977 g/mol. The molecule has 0 aromatic carbocycles. The highest BCUT2D eigenvalue weighted by Crippen LogP contribution is 2.20. The van der Waals surface area contributed by atoms with E-state index in [9.17, 15) is 43.2 Å². The van der Waals surface area contributed by atoms with Crippen molar-refractivity contribution in [1.82, 2.24) is 0 Å². The van der Waals surface area contributed by atoms with Gasteiger partial charge in [-0.25, -0.2) is 14.4 Å². The number of rotatable bonds is 23. The van der Waals surface area contributed by atoms with Crippen LogP contribution in [0.25, 0.3) is 0 Å². The van der Waals surface area contributed by atoms with Gasteiger partial charge in [-0.15, -0.1) is 0 Å². The topological polar surface area (TPSA) is 246 Å². The van der Waals surface area contributed by atoms with Crippen LogP contribution in [-0.2, 0) is 90.5 Å². The molecule has 0 saturated carbocycles. The summed E-state index contributed by atoms with van der Waals surface area (Å²) >= 11 is 0. The Balaban J connectivity index is -0.000000125. The molecule has 19 heteroatoms. The number of ketones is 5. The van der Waals surface area contributed by atoms with Crippen LogP contribution in [-0.4, -0.2) is 158 Å².